The van der Waals surface area contributed by atoms with Crippen LogP contribution in [-0.2, 0) is 0 Å². The molecule has 1 N–H and O–H groups in total. The van der Waals surface area contributed by atoms with Crippen LogP contribution in [0.15, 0.2) is 53.7 Å². The molecule has 0 fully saturated rings. The molecule has 2 nitrogen and oxygen atoms in total. The summed E-state index contributed by atoms with van der Waals surface area (Å²) in [7, 11) is 0. The number of oxime groups is 1. The molecule has 0 bridgehead atoms. The number of hydrogen-bond donors (Lipinski definition) is 1. The molecule has 0 amide bonds. The lowest BCUT2D eigenvalue weighted by Crippen LogP contribution is -1.89. The Morgan fingerprint density at radius 1 is 0.938 bits per heavy atom. The minimum absolute atomic E-state index is 0.916. The van der Waals surface area contributed by atoms with Crippen LogP contribution < -0.4 is 0 Å². The zero-order valence-corrected chi connectivity index (χ0v) is 9.09. The van der Waals surface area contributed by atoms with E-state index in [1.165, 1.54) is 11.8 Å². The first-order chi connectivity index (χ1) is 7.83. The predicted molar refractivity (Wildman–Crippen MR) is 66.0 cm³/mol. The molecule has 2 rings (SSSR count). The summed E-state index contributed by atoms with van der Waals surface area (Å²) in [6.07, 6.45) is 1.46. The largest absolute Gasteiger partial charge is 0.411 e. The third kappa shape index (κ3) is 1.96. The normalized spacial score (nSPS) is 10.8. The average molecular weight is 211 g/mol. The van der Waals surface area contributed by atoms with Crippen molar-refractivity contribution < 1.29 is 5.21 Å². The number of benzene rings is 2. The van der Waals surface area contributed by atoms with Gasteiger partial charge in [-0.2, -0.15) is 0 Å². The summed E-state index contributed by atoms with van der Waals surface area (Å²) in [6, 6.07) is 16.0. The first kappa shape index (κ1) is 10.4. The van der Waals surface area contributed by atoms with E-state index < -0.39 is 0 Å². The van der Waals surface area contributed by atoms with Crippen LogP contribution in [0.1, 0.15) is 11.1 Å². The molecule has 0 saturated heterocycles. The van der Waals surface area contributed by atoms with Gasteiger partial charge in [-0.05, 0) is 23.6 Å². The highest BCUT2D eigenvalue weighted by Gasteiger charge is 2.04. The number of nitrogens with zero attached hydrogens (tertiary/aromatic N) is 1. The first-order valence-electron chi connectivity index (χ1n) is 5.15. The maximum atomic E-state index is 8.63. The molecule has 0 aliphatic carbocycles. The molecule has 0 heterocycles. The third-order valence-electron chi connectivity index (χ3n) is 2.59. The van der Waals surface area contributed by atoms with E-state index in [1.807, 2.05) is 36.4 Å². The van der Waals surface area contributed by atoms with E-state index in [4.69, 9.17) is 5.21 Å². The third-order valence-corrected chi connectivity index (χ3v) is 2.59. The Morgan fingerprint density at radius 2 is 1.56 bits per heavy atom. The molecule has 0 saturated carbocycles. The van der Waals surface area contributed by atoms with Crippen molar-refractivity contribution in [3.8, 4) is 11.1 Å². The second-order valence-electron chi connectivity index (χ2n) is 3.65. The summed E-state index contributed by atoms with van der Waals surface area (Å²) in [5.41, 5.74) is 4.37. The smallest absolute Gasteiger partial charge is 0.0740 e. The molecule has 2 heteroatoms. The Balaban J connectivity index is 2.60. The van der Waals surface area contributed by atoms with Crippen molar-refractivity contribution in [2.75, 3.05) is 0 Å². The number of rotatable bonds is 2. The van der Waals surface area contributed by atoms with Gasteiger partial charge in [0.1, 0.15) is 0 Å². The maximum absolute atomic E-state index is 8.63. The van der Waals surface area contributed by atoms with Crippen molar-refractivity contribution in [1.82, 2.24) is 0 Å². The van der Waals surface area contributed by atoms with E-state index in [0.29, 0.717) is 0 Å². The molecule has 0 atom stereocenters. The van der Waals surface area contributed by atoms with Gasteiger partial charge in [0.15, 0.2) is 0 Å². The van der Waals surface area contributed by atoms with Crippen LogP contribution in [0.4, 0.5) is 0 Å². The van der Waals surface area contributed by atoms with Gasteiger partial charge in [-0.1, -0.05) is 53.7 Å². The molecule has 80 valence electrons. The fourth-order valence-electron chi connectivity index (χ4n) is 1.79. The lowest BCUT2D eigenvalue weighted by atomic mass is 9.97. The van der Waals surface area contributed by atoms with Crippen molar-refractivity contribution >= 4 is 6.21 Å². The van der Waals surface area contributed by atoms with E-state index >= 15 is 0 Å². The van der Waals surface area contributed by atoms with Crippen molar-refractivity contribution in [1.29, 1.82) is 0 Å². The fourth-order valence-corrected chi connectivity index (χ4v) is 1.79. The summed E-state index contributed by atoms with van der Waals surface area (Å²) >= 11 is 0. The highest BCUT2D eigenvalue weighted by molar-refractivity contribution is 5.90. The molecule has 2 aromatic carbocycles. The van der Waals surface area contributed by atoms with E-state index in [1.54, 1.807) is 0 Å². The van der Waals surface area contributed by atoms with Gasteiger partial charge in [0, 0.05) is 5.56 Å². The van der Waals surface area contributed by atoms with E-state index in [-0.39, 0.29) is 0 Å². The first-order valence-corrected chi connectivity index (χ1v) is 5.15. The monoisotopic (exact) mass is 211 g/mol. The highest BCUT2D eigenvalue weighted by atomic mass is 16.4. The standard InChI is InChI=1S/C14H13NO/c1-11-6-2-4-8-13(11)14-9-5-3-7-12(14)10-15-16/h2-10,16H,1H3. The Labute approximate surface area is 94.9 Å². The van der Waals surface area contributed by atoms with Gasteiger partial charge in [0.2, 0.25) is 0 Å². The zero-order valence-electron chi connectivity index (χ0n) is 9.09. The van der Waals surface area contributed by atoms with Gasteiger partial charge in [-0.25, -0.2) is 0 Å². The second-order valence-corrected chi connectivity index (χ2v) is 3.65. The second kappa shape index (κ2) is 4.62. The molecule has 16 heavy (non-hydrogen) atoms. The number of aryl methyl sites for hydroxylation is 1. The molecular formula is C14H13NO. The highest BCUT2D eigenvalue weighted by Crippen LogP contribution is 2.25. The summed E-state index contributed by atoms with van der Waals surface area (Å²) in [5.74, 6) is 0. The molecule has 0 aliphatic rings. The Hall–Kier alpha value is -2.09. The van der Waals surface area contributed by atoms with E-state index in [9.17, 15) is 0 Å². The predicted octanol–water partition coefficient (Wildman–Crippen LogP) is 3.47. The molecule has 0 aromatic heterocycles. The molecule has 2 aromatic rings. The summed E-state index contributed by atoms with van der Waals surface area (Å²) < 4.78 is 0. The molecule has 0 aliphatic heterocycles. The fraction of sp³-hybridized carbons (Fsp3) is 0.0714. The van der Waals surface area contributed by atoms with Gasteiger partial charge in [0.05, 0.1) is 6.21 Å². The molecular weight excluding hydrogens is 198 g/mol. The minimum Gasteiger partial charge on any atom is -0.411 e. The van der Waals surface area contributed by atoms with Crippen LogP contribution in [-0.4, -0.2) is 11.4 Å². The lowest BCUT2D eigenvalue weighted by molar-refractivity contribution is 0.322. The van der Waals surface area contributed by atoms with E-state index in [0.717, 1.165) is 16.7 Å². The van der Waals surface area contributed by atoms with Crippen LogP contribution in [0.5, 0.6) is 0 Å². The van der Waals surface area contributed by atoms with Crippen molar-refractivity contribution in [3.05, 3.63) is 59.7 Å². The van der Waals surface area contributed by atoms with Crippen molar-refractivity contribution in [2.24, 2.45) is 5.16 Å². The average Bonchev–Trinajstić information content (AvgIpc) is 2.31. The van der Waals surface area contributed by atoms with Crippen molar-refractivity contribution in [2.45, 2.75) is 6.92 Å². The topological polar surface area (TPSA) is 32.6 Å². The summed E-state index contributed by atoms with van der Waals surface area (Å²) in [4.78, 5) is 0. The van der Waals surface area contributed by atoms with Gasteiger partial charge in [-0.15, -0.1) is 0 Å². The van der Waals surface area contributed by atoms with E-state index in [2.05, 4.69) is 24.2 Å². The Bertz CT molecular complexity index is 518. The SMILES string of the molecule is Cc1ccccc1-c1ccccc1C=NO. The van der Waals surface area contributed by atoms with Crippen LogP contribution in [0.3, 0.4) is 0 Å². The molecule has 0 radical (unpaired) electrons. The zero-order chi connectivity index (χ0) is 11.4. The Kier molecular flexibility index (Phi) is 3.01. The van der Waals surface area contributed by atoms with Gasteiger partial charge in [0.25, 0.3) is 0 Å². The van der Waals surface area contributed by atoms with Gasteiger partial charge >= 0.3 is 0 Å². The maximum Gasteiger partial charge on any atom is 0.0740 e. The Morgan fingerprint density at radius 3 is 2.25 bits per heavy atom. The lowest BCUT2D eigenvalue weighted by Gasteiger charge is -2.08. The number of hydrogen-bond acceptors (Lipinski definition) is 2. The molecule has 0 spiro atoms. The van der Waals surface area contributed by atoms with Gasteiger partial charge in [-0.3, -0.25) is 0 Å². The summed E-state index contributed by atoms with van der Waals surface area (Å²) in [6.45, 7) is 2.07. The molecule has 0 unspecified atom stereocenters. The minimum atomic E-state index is 0.916. The van der Waals surface area contributed by atoms with Crippen molar-refractivity contribution in [3.63, 3.8) is 0 Å². The van der Waals surface area contributed by atoms with Crippen LogP contribution in [0, 0.1) is 6.92 Å². The van der Waals surface area contributed by atoms with Crippen LogP contribution in [0.2, 0.25) is 0 Å². The quantitative estimate of drug-likeness (QED) is 0.460. The van der Waals surface area contributed by atoms with Crippen LogP contribution in [0.25, 0.3) is 11.1 Å². The summed E-state index contributed by atoms with van der Waals surface area (Å²) in [5, 5.41) is 11.7. The van der Waals surface area contributed by atoms with Crippen LogP contribution >= 0.6 is 0 Å². The van der Waals surface area contributed by atoms with Gasteiger partial charge < -0.3 is 5.21 Å².